The molecule has 26 heavy (non-hydrogen) atoms. The summed E-state index contributed by atoms with van der Waals surface area (Å²) < 4.78 is 27.8. The maximum atomic E-state index is 13.3. The van der Waals surface area contributed by atoms with Gasteiger partial charge in [0.2, 0.25) is 0 Å². The van der Waals surface area contributed by atoms with Crippen LogP contribution in [0.15, 0.2) is 90.1 Å². The van der Waals surface area contributed by atoms with Crippen LogP contribution >= 0.6 is 0 Å². The van der Waals surface area contributed by atoms with Gasteiger partial charge in [0.15, 0.2) is 0 Å². The van der Waals surface area contributed by atoms with Gasteiger partial charge in [-0.3, -0.25) is 4.98 Å². The van der Waals surface area contributed by atoms with E-state index in [1.165, 1.54) is 10.2 Å². The third-order valence-corrected chi connectivity index (χ3v) is 6.01. The summed E-state index contributed by atoms with van der Waals surface area (Å²) in [6.07, 6.45) is 2.02. The van der Waals surface area contributed by atoms with Crippen molar-refractivity contribution in [3.63, 3.8) is 0 Å². The third kappa shape index (κ3) is 2.69. The molecule has 0 spiro atoms. The summed E-state index contributed by atoms with van der Waals surface area (Å²) in [4.78, 5) is 4.18. The zero-order valence-corrected chi connectivity index (χ0v) is 14.5. The molecule has 0 aliphatic carbocycles. The molecule has 0 bridgehead atoms. The molecule has 0 fully saturated rings. The number of benzene rings is 2. The van der Waals surface area contributed by atoms with Crippen molar-refractivity contribution < 1.29 is 13.5 Å². The molecule has 1 atom stereocenters. The second-order valence-electron chi connectivity index (χ2n) is 5.90. The van der Waals surface area contributed by atoms with Gasteiger partial charge < -0.3 is 5.11 Å². The second-order valence-corrected chi connectivity index (χ2v) is 7.69. The van der Waals surface area contributed by atoms with Crippen molar-refractivity contribution in [2.75, 3.05) is 0 Å². The van der Waals surface area contributed by atoms with E-state index in [1.807, 2.05) is 12.1 Å². The van der Waals surface area contributed by atoms with Gasteiger partial charge in [-0.2, -0.15) is 0 Å². The van der Waals surface area contributed by atoms with Gasteiger partial charge in [-0.15, -0.1) is 0 Å². The van der Waals surface area contributed by atoms with Crippen LogP contribution in [0.25, 0.3) is 10.9 Å². The van der Waals surface area contributed by atoms with Crippen molar-refractivity contribution in [2.45, 2.75) is 11.0 Å². The fourth-order valence-electron chi connectivity index (χ4n) is 3.02. The lowest BCUT2D eigenvalue weighted by molar-refractivity contribution is 0.214. The van der Waals surface area contributed by atoms with E-state index in [0.717, 1.165) is 5.39 Å². The molecule has 0 radical (unpaired) electrons. The van der Waals surface area contributed by atoms with Crippen molar-refractivity contribution in [1.82, 2.24) is 8.96 Å². The highest BCUT2D eigenvalue weighted by Crippen LogP contribution is 2.31. The molecule has 5 nitrogen and oxygen atoms in total. The molecule has 1 N–H and O–H groups in total. The van der Waals surface area contributed by atoms with Crippen molar-refractivity contribution in [3.8, 4) is 0 Å². The van der Waals surface area contributed by atoms with Crippen LogP contribution in [0.2, 0.25) is 0 Å². The normalized spacial score (nSPS) is 13.0. The van der Waals surface area contributed by atoms with Gasteiger partial charge in [-0.05, 0) is 30.3 Å². The van der Waals surface area contributed by atoms with Crippen LogP contribution in [0.1, 0.15) is 17.4 Å². The Morgan fingerprint density at radius 1 is 0.923 bits per heavy atom. The van der Waals surface area contributed by atoms with Crippen LogP contribution in [0.4, 0.5) is 0 Å². The lowest BCUT2D eigenvalue weighted by Gasteiger charge is -2.16. The number of aromatic nitrogens is 2. The second kappa shape index (κ2) is 6.40. The molecule has 6 heteroatoms. The van der Waals surface area contributed by atoms with Crippen LogP contribution < -0.4 is 0 Å². The zero-order chi connectivity index (χ0) is 18.1. The van der Waals surface area contributed by atoms with E-state index in [4.69, 9.17) is 0 Å². The molecule has 0 aliphatic rings. The van der Waals surface area contributed by atoms with Gasteiger partial charge in [0.05, 0.1) is 16.1 Å². The van der Waals surface area contributed by atoms with Crippen molar-refractivity contribution in [2.24, 2.45) is 0 Å². The summed E-state index contributed by atoms with van der Waals surface area (Å²) in [7, 11) is -3.87. The average molecular weight is 364 g/mol. The van der Waals surface area contributed by atoms with E-state index < -0.39 is 16.1 Å². The number of fused-ring (bicyclic) bond motifs is 1. The first kappa shape index (κ1) is 16.5. The van der Waals surface area contributed by atoms with Gasteiger partial charge in [-0.25, -0.2) is 12.4 Å². The Labute approximate surface area is 151 Å². The summed E-state index contributed by atoms with van der Waals surface area (Å²) >= 11 is 0. The standard InChI is InChI=1S/C20H16N2O3S/c23-20(16-8-6-12-21-14-16)19-13-15-7-4-5-11-18(15)22(19)26(24,25)17-9-2-1-3-10-17/h1-14,20,23H/t20-/m0/s1. The fourth-order valence-corrected chi connectivity index (χ4v) is 4.58. The van der Waals surface area contributed by atoms with Crippen LogP contribution in [-0.2, 0) is 10.0 Å². The van der Waals surface area contributed by atoms with Crippen molar-refractivity contribution >= 4 is 20.9 Å². The maximum absolute atomic E-state index is 13.3. The minimum atomic E-state index is -3.87. The van der Waals surface area contributed by atoms with Crippen LogP contribution in [-0.4, -0.2) is 22.5 Å². The van der Waals surface area contributed by atoms with E-state index in [2.05, 4.69) is 4.98 Å². The Morgan fingerprint density at radius 2 is 1.65 bits per heavy atom. The summed E-state index contributed by atoms with van der Waals surface area (Å²) in [6, 6.07) is 20.5. The molecule has 0 saturated heterocycles. The molecule has 0 amide bonds. The SMILES string of the molecule is O=S(=O)(c1ccccc1)n1c([C@@H](O)c2cccnc2)cc2ccccc21. The third-order valence-electron chi connectivity index (χ3n) is 4.26. The molecule has 0 aliphatic heterocycles. The highest BCUT2D eigenvalue weighted by Gasteiger charge is 2.26. The molecule has 0 unspecified atom stereocenters. The van der Waals surface area contributed by atoms with Crippen LogP contribution in [0, 0.1) is 0 Å². The highest BCUT2D eigenvalue weighted by atomic mass is 32.2. The smallest absolute Gasteiger partial charge is 0.268 e. The largest absolute Gasteiger partial charge is 0.382 e. The topological polar surface area (TPSA) is 72.2 Å². The fraction of sp³-hybridized carbons (Fsp3) is 0.0500. The molecular weight excluding hydrogens is 348 g/mol. The van der Waals surface area contributed by atoms with Crippen molar-refractivity contribution in [1.29, 1.82) is 0 Å². The van der Waals surface area contributed by atoms with Gasteiger partial charge in [0.25, 0.3) is 10.0 Å². The molecular formula is C20H16N2O3S. The average Bonchev–Trinajstić information content (AvgIpc) is 3.09. The number of hydrogen-bond donors (Lipinski definition) is 1. The van der Waals surface area contributed by atoms with E-state index in [9.17, 15) is 13.5 Å². The lowest BCUT2D eigenvalue weighted by Crippen LogP contribution is -2.18. The van der Waals surface area contributed by atoms with E-state index in [1.54, 1.807) is 66.9 Å². The molecule has 0 saturated carbocycles. The Morgan fingerprint density at radius 3 is 2.38 bits per heavy atom. The lowest BCUT2D eigenvalue weighted by atomic mass is 10.1. The van der Waals surface area contributed by atoms with E-state index in [-0.39, 0.29) is 10.6 Å². The number of pyridine rings is 1. The Hall–Kier alpha value is -2.96. The predicted molar refractivity (Wildman–Crippen MR) is 99.3 cm³/mol. The Kier molecular flexibility index (Phi) is 4.06. The first-order valence-electron chi connectivity index (χ1n) is 8.08. The molecule has 4 rings (SSSR count). The highest BCUT2D eigenvalue weighted by molar-refractivity contribution is 7.90. The van der Waals surface area contributed by atoms with Crippen LogP contribution in [0.5, 0.6) is 0 Å². The van der Waals surface area contributed by atoms with Gasteiger partial charge in [0.1, 0.15) is 6.10 Å². The Balaban J connectivity index is 1.99. The summed E-state index contributed by atoms with van der Waals surface area (Å²) in [6.45, 7) is 0. The van der Waals surface area contributed by atoms with Crippen LogP contribution in [0.3, 0.4) is 0 Å². The maximum Gasteiger partial charge on any atom is 0.268 e. The molecule has 2 aromatic carbocycles. The first-order chi connectivity index (χ1) is 12.6. The van der Waals surface area contributed by atoms with Crippen molar-refractivity contribution in [3.05, 3.63) is 96.4 Å². The summed E-state index contributed by atoms with van der Waals surface area (Å²) in [5.74, 6) is 0. The number of nitrogens with zero attached hydrogens (tertiary/aromatic N) is 2. The first-order valence-corrected chi connectivity index (χ1v) is 9.52. The number of aliphatic hydroxyl groups excluding tert-OH is 1. The van der Waals surface area contributed by atoms with Gasteiger partial charge >= 0.3 is 0 Å². The molecule has 130 valence electrons. The van der Waals surface area contributed by atoms with Gasteiger partial charge in [0, 0.05) is 23.3 Å². The minimum absolute atomic E-state index is 0.168. The van der Waals surface area contributed by atoms with E-state index >= 15 is 0 Å². The number of hydrogen-bond acceptors (Lipinski definition) is 4. The predicted octanol–water partition coefficient (Wildman–Crippen LogP) is 3.36. The quantitative estimate of drug-likeness (QED) is 0.603. The molecule has 2 heterocycles. The number of rotatable bonds is 4. The number of aliphatic hydroxyl groups is 1. The van der Waals surface area contributed by atoms with E-state index in [0.29, 0.717) is 11.1 Å². The summed E-state index contributed by atoms with van der Waals surface area (Å²) in [5, 5.41) is 11.6. The Bertz CT molecular complexity index is 1150. The molecule has 4 aromatic rings. The monoisotopic (exact) mass is 364 g/mol. The zero-order valence-electron chi connectivity index (χ0n) is 13.7. The number of para-hydroxylation sites is 1. The molecule has 2 aromatic heterocycles. The van der Waals surface area contributed by atoms with Gasteiger partial charge in [-0.1, -0.05) is 42.5 Å². The minimum Gasteiger partial charge on any atom is -0.382 e. The summed E-state index contributed by atoms with van der Waals surface area (Å²) in [5.41, 5.74) is 1.33.